The summed E-state index contributed by atoms with van der Waals surface area (Å²) in [6, 6.07) is 3.43. The van der Waals surface area contributed by atoms with Crippen LogP contribution < -0.4 is 5.32 Å². The molecule has 1 N–H and O–H groups in total. The molecule has 0 heterocycles. The van der Waals surface area contributed by atoms with E-state index in [-0.39, 0.29) is 10.0 Å². The molecule has 1 amide bonds. The van der Waals surface area contributed by atoms with E-state index in [1.807, 2.05) is 0 Å². The van der Waals surface area contributed by atoms with Crippen molar-refractivity contribution in [3.05, 3.63) is 33.8 Å². The molecule has 2 nitrogen and oxygen atoms in total. The highest BCUT2D eigenvalue weighted by atomic mass is 79.9. The fourth-order valence-corrected chi connectivity index (χ4v) is 2.24. The normalized spacial score (nSPS) is 11.4. The molecule has 0 aliphatic heterocycles. The van der Waals surface area contributed by atoms with Gasteiger partial charge in [-0.3, -0.25) is 4.79 Å². The predicted molar refractivity (Wildman–Crippen MR) is 76.0 cm³/mol. The molecule has 0 spiro atoms. The number of carbonyl (C=O) groups excluding carboxylic acids is 1. The lowest BCUT2D eigenvalue weighted by molar-refractivity contribution is -0.138. The first-order valence-electron chi connectivity index (χ1n) is 6.07. The Bertz CT molecular complexity index is 465. The van der Waals surface area contributed by atoms with E-state index in [2.05, 4.69) is 21.2 Å². The molecule has 1 rings (SSSR count). The minimum absolute atomic E-state index is 0.00197. The molecule has 0 saturated carbocycles. The largest absolute Gasteiger partial charge is 0.417 e. The standard InChI is InChI=1S/C13H14BrClF3NO/c14-11-5-4-9(8-10(11)13(16,17)18)12(20)19-7-3-1-2-6-15/h4-5,8H,1-3,6-7H2,(H,19,20). The minimum atomic E-state index is -4.49. The Kier molecular flexibility index (Phi) is 6.82. The molecule has 1 aromatic rings. The first kappa shape index (κ1) is 17.3. The molecule has 0 aliphatic carbocycles. The molecule has 0 radical (unpaired) electrons. The zero-order valence-corrected chi connectivity index (χ0v) is 12.9. The molecular formula is C13H14BrClF3NO. The zero-order valence-electron chi connectivity index (χ0n) is 10.6. The van der Waals surface area contributed by atoms with Gasteiger partial charge in [0.15, 0.2) is 0 Å². The van der Waals surface area contributed by atoms with Crippen LogP contribution in [0.3, 0.4) is 0 Å². The van der Waals surface area contributed by atoms with E-state index >= 15 is 0 Å². The Balaban J connectivity index is 2.65. The van der Waals surface area contributed by atoms with Gasteiger partial charge in [0, 0.05) is 22.5 Å². The number of benzene rings is 1. The van der Waals surface area contributed by atoms with Gasteiger partial charge in [-0.2, -0.15) is 13.2 Å². The second kappa shape index (κ2) is 7.88. The molecule has 1 aromatic carbocycles. The van der Waals surface area contributed by atoms with Gasteiger partial charge in [0.2, 0.25) is 0 Å². The Morgan fingerprint density at radius 1 is 1.25 bits per heavy atom. The van der Waals surface area contributed by atoms with Gasteiger partial charge in [0.25, 0.3) is 5.91 Å². The van der Waals surface area contributed by atoms with E-state index < -0.39 is 17.6 Å². The summed E-state index contributed by atoms with van der Waals surface area (Å²) < 4.78 is 38.0. The second-order valence-corrected chi connectivity index (χ2v) is 5.43. The number of hydrogen-bond donors (Lipinski definition) is 1. The van der Waals surface area contributed by atoms with Crippen molar-refractivity contribution in [2.75, 3.05) is 12.4 Å². The lowest BCUT2D eigenvalue weighted by Crippen LogP contribution is -2.25. The zero-order chi connectivity index (χ0) is 15.2. The van der Waals surface area contributed by atoms with Crippen molar-refractivity contribution in [1.29, 1.82) is 0 Å². The molecular weight excluding hydrogens is 358 g/mol. The van der Waals surface area contributed by atoms with Crippen LogP contribution in [0.1, 0.15) is 35.2 Å². The van der Waals surface area contributed by atoms with E-state index in [4.69, 9.17) is 11.6 Å². The van der Waals surface area contributed by atoms with Crippen LogP contribution in [0.4, 0.5) is 13.2 Å². The number of hydrogen-bond acceptors (Lipinski definition) is 1. The highest BCUT2D eigenvalue weighted by molar-refractivity contribution is 9.10. The first-order chi connectivity index (χ1) is 9.36. The van der Waals surface area contributed by atoms with Crippen molar-refractivity contribution < 1.29 is 18.0 Å². The summed E-state index contributed by atoms with van der Waals surface area (Å²) in [6.45, 7) is 0.424. The van der Waals surface area contributed by atoms with Gasteiger partial charge in [0.05, 0.1) is 5.56 Å². The monoisotopic (exact) mass is 371 g/mol. The van der Waals surface area contributed by atoms with Crippen molar-refractivity contribution in [2.45, 2.75) is 25.4 Å². The fourth-order valence-electron chi connectivity index (χ4n) is 1.58. The van der Waals surface area contributed by atoms with Crippen molar-refractivity contribution in [1.82, 2.24) is 5.32 Å². The van der Waals surface area contributed by atoms with E-state index in [0.717, 1.165) is 25.3 Å². The molecule has 112 valence electrons. The van der Waals surface area contributed by atoms with Crippen LogP contribution >= 0.6 is 27.5 Å². The first-order valence-corrected chi connectivity index (χ1v) is 7.40. The summed E-state index contributed by atoms with van der Waals surface area (Å²) in [4.78, 5) is 11.7. The van der Waals surface area contributed by atoms with Crippen molar-refractivity contribution in [2.24, 2.45) is 0 Å². The average Bonchev–Trinajstić information content (AvgIpc) is 2.37. The second-order valence-electron chi connectivity index (χ2n) is 4.20. The van der Waals surface area contributed by atoms with E-state index in [1.54, 1.807) is 0 Å². The SMILES string of the molecule is O=C(NCCCCCCl)c1ccc(Br)c(C(F)(F)F)c1. The van der Waals surface area contributed by atoms with Crippen LogP contribution in [0, 0.1) is 0 Å². The summed E-state index contributed by atoms with van der Waals surface area (Å²) in [5, 5.41) is 2.59. The summed E-state index contributed by atoms with van der Waals surface area (Å²) >= 11 is 8.35. The Labute approximate surface area is 128 Å². The van der Waals surface area contributed by atoms with Crippen molar-refractivity contribution >= 4 is 33.4 Å². The van der Waals surface area contributed by atoms with Gasteiger partial charge in [-0.05, 0) is 31.0 Å². The molecule has 0 saturated heterocycles. The lowest BCUT2D eigenvalue weighted by atomic mass is 10.1. The fraction of sp³-hybridized carbons (Fsp3) is 0.462. The third kappa shape index (κ3) is 5.32. The van der Waals surface area contributed by atoms with Crippen LogP contribution in [-0.4, -0.2) is 18.3 Å². The molecule has 0 unspecified atom stereocenters. The van der Waals surface area contributed by atoms with Crippen LogP contribution in [0.25, 0.3) is 0 Å². The van der Waals surface area contributed by atoms with Gasteiger partial charge >= 0.3 is 6.18 Å². The molecule has 0 fully saturated rings. The molecule has 0 aliphatic rings. The molecule has 0 bridgehead atoms. The van der Waals surface area contributed by atoms with E-state index in [1.165, 1.54) is 12.1 Å². The maximum Gasteiger partial charge on any atom is 0.417 e. The molecule has 20 heavy (non-hydrogen) atoms. The maximum atomic E-state index is 12.7. The topological polar surface area (TPSA) is 29.1 Å². The van der Waals surface area contributed by atoms with Gasteiger partial charge in [-0.1, -0.05) is 22.4 Å². The minimum Gasteiger partial charge on any atom is -0.352 e. The average molecular weight is 373 g/mol. The summed E-state index contributed by atoms with van der Waals surface area (Å²) in [6.07, 6.45) is -2.01. The van der Waals surface area contributed by atoms with Gasteiger partial charge in [-0.25, -0.2) is 0 Å². The number of alkyl halides is 4. The van der Waals surface area contributed by atoms with Crippen LogP contribution in [0.2, 0.25) is 0 Å². The Morgan fingerprint density at radius 2 is 1.95 bits per heavy atom. The van der Waals surface area contributed by atoms with Crippen molar-refractivity contribution in [3.63, 3.8) is 0 Å². The molecule has 7 heteroatoms. The van der Waals surface area contributed by atoms with E-state index in [9.17, 15) is 18.0 Å². The Hall–Kier alpha value is -0.750. The summed E-state index contributed by atoms with van der Waals surface area (Å²) in [7, 11) is 0. The maximum absolute atomic E-state index is 12.7. The van der Waals surface area contributed by atoms with Crippen LogP contribution in [0.15, 0.2) is 22.7 Å². The van der Waals surface area contributed by atoms with Gasteiger partial charge in [0.1, 0.15) is 0 Å². The summed E-state index contributed by atoms with van der Waals surface area (Å²) in [5.41, 5.74) is -0.856. The van der Waals surface area contributed by atoms with Crippen molar-refractivity contribution in [3.8, 4) is 0 Å². The van der Waals surface area contributed by atoms with Gasteiger partial charge in [-0.15, -0.1) is 11.6 Å². The quantitative estimate of drug-likeness (QED) is 0.573. The molecule has 0 aromatic heterocycles. The van der Waals surface area contributed by atoms with Crippen LogP contribution in [-0.2, 0) is 6.18 Å². The number of unbranched alkanes of at least 4 members (excludes halogenated alkanes) is 2. The number of amides is 1. The lowest BCUT2D eigenvalue weighted by Gasteiger charge is -2.11. The third-order valence-corrected chi connectivity index (χ3v) is 3.59. The Morgan fingerprint density at radius 3 is 2.55 bits per heavy atom. The number of nitrogens with one attached hydrogen (secondary N) is 1. The summed E-state index contributed by atoms with van der Waals surface area (Å²) in [5.74, 6) is 0.0594. The number of halogens is 5. The predicted octanol–water partition coefficient (Wildman–Crippen LogP) is 4.61. The van der Waals surface area contributed by atoms with Crippen LogP contribution in [0.5, 0.6) is 0 Å². The number of rotatable bonds is 6. The highest BCUT2D eigenvalue weighted by Gasteiger charge is 2.33. The smallest absolute Gasteiger partial charge is 0.352 e. The van der Waals surface area contributed by atoms with E-state index in [0.29, 0.717) is 12.4 Å². The molecule has 0 atom stereocenters. The number of carbonyl (C=O) groups is 1. The van der Waals surface area contributed by atoms with Gasteiger partial charge < -0.3 is 5.32 Å². The highest BCUT2D eigenvalue weighted by Crippen LogP contribution is 2.35. The third-order valence-electron chi connectivity index (χ3n) is 2.63.